The van der Waals surface area contributed by atoms with Crippen molar-refractivity contribution < 1.29 is 14.8 Å². The molecule has 4 atom stereocenters. The molecule has 0 radical (unpaired) electrons. The van der Waals surface area contributed by atoms with Crippen LogP contribution in [0.1, 0.15) is 25.6 Å². The van der Waals surface area contributed by atoms with Gasteiger partial charge in [-0.2, -0.15) is 5.10 Å². The minimum absolute atomic E-state index is 0.0357. The van der Waals surface area contributed by atoms with Crippen LogP contribution >= 0.6 is 0 Å². The Balaban J connectivity index is 2.42. The summed E-state index contributed by atoms with van der Waals surface area (Å²) >= 11 is 0. The number of aliphatic imine (C=N–C) groups is 1. The van der Waals surface area contributed by atoms with Crippen molar-refractivity contribution in [3.8, 4) is 0 Å². The highest BCUT2D eigenvalue weighted by Gasteiger charge is 2.47. The Morgan fingerprint density at radius 3 is 2.95 bits per heavy atom. The molecule has 20 heavy (non-hydrogen) atoms. The maximum absolute atomic E-state index is 11.1. The van der Waals surface area contributed by atoms with Crippen LogP contribution in [0, 0.1) is 16.0 Å². The monoisotopic (exact) mass is 282 g/mol. The topological polar surface area (TPSA) is 103 Å². The van der Waals surface area contributed by atoms with E-state index in [1.54, 1.807) is 14.0 Å². The number of nitrogens with zero attached hydrogens (tertiary/aromatic N) is 4. The molecule has 0 aliphatic carbocycles. The molecule has 0 aromatic carbocycles. The average Bonchev–Trinajstić information content (AvgIpc) is 2.71. The van der Waals surface area contributed by atoms with E-state index in [0.29, 0.717) is 5.69 Å². The number of rotatable bonds is 3. The van der Waals surface area contributed by atoms with E-state index in [2.05, 4.69) is 16.8 Å². The molecule has 1 fully saturated rings. The molecule has 0 saturated carbocycles. The zero-order chi connectivity index (χ0) is 15.1. The molecular weight excluding hydrogens is 264 g/mol. The lowest BCUT2D eigenvalue weighted by Crippen LogP contribution is -2.52. The van der Waals surface area contributed by atoms with Crippen LogP contribution in [0.15, 0.2) is 11.2 Å². The van der Waals surface area contributed by atoms with E-state index in [-0.39, 0.29) is 18.2 Å². The number of nitro groups is 1. The van der Waals surface area contributed by atoms with E-state index < -0.39 is 22.7 Å². The molecule has 1 saturated heterocycles. The fraction of sp³-hybridized carbons (Fsp3) is 0.667. The summed E-state index contributed by atoms with van der Waals surface area (Å²) in [7, 11) is 1.63. The van der Waals surface area contributed by atoms with Crippen molar-refractivity contribution in [2.45, 2.75) is 31.6 Å². The average molecular weight is 282 g/mol. The van der Waals surface area contributed by atoms with Gasteiger partial charge in [-0.15, -0.1) is 0 Å². The van der Waals surface area contributed by atoms with Crippen LogP contribution in [0.5, 0.6) is 0 Å². The van der Waals surface area contributed by atoms with Crippen LogP contribution in [0.2, 0.25) is 0 Å². The first-order valence-electron chi connectivity index (χ1n) is 6.25. The first-order valence-corrected chi connectivity index (χ1v) is 6.25. The lowest BCUT2D eigenvalue weighted by Gasteiger charge is -2.42. The Morgan fingerprint density at radius 2 is 2.40 bits per heavy atom. The molecule has 1 N–H and O–H groups in total. The zero-order valence-corrected chi connectivity index (χ0v) is 11.7. The maximum Gasteiger partial charge on any atom is 0.312 e. The van der Waals surface area contributed by atoms with Crippen molar-refractivity contribution in [1.82, 2.24) is 9.78 Å². The number of aryl methyl sites for hydroxylation is 1. The van der Waals surface area contributed by atoms with Crippen LogP contribution in [-0.2, 0) is 11.8 Å². The van der Waals surface area contributed by atoms with Crippen molar-refractivity contribution in [3.05, 3.63) is 22.0 Å². The van der Waals surface area contributed by atoms with Crippen molar-refractivity contribution in [2.24, 2.45) is 18.0 Å². The van der Waals surface area contributed by atoms with E-state index in [0.717, 1.165) is 0 Å². The molecule has 8 heteroatoms. The van der Waals surface area contributed by atoms with Gasteiger partial charge in [0.2, 0.25) is 0 Å². The highest BCUT2D eigenvalue weighted by Crippen LogP contribution is 2.41. The van der Waals surface area contributed by atoms with Gasteiger partial charge in [0.1, 0.15) is 23.6 Å². The second-order valence-electron chi connectivity index (χ2n) is 5.37. The third kappa shape index (κ3) is 2.20. The standard InChI is InChI=1S/C12H18N4O4/c1-7-10(20-6-12(2,17)11(7)13-3)9-8(16(18)19)5-14-15(9)4/h5,7,10-11,17H,3,6H2,1-2,4H3. The summed E-state index contributed by atoms with van der Waals surface area (Å²) in [6.07, 6.45) is 0.646. The van der Waals surface area contributed by atoms with Crippen molar-refractivity contribution >= 4 is 12.4 Å². The maximum atomic E-state index is 11.1. The molecule has 0 spiro atoms. The van der Waals surface area contributed by atoms with E-state index >= 15 is 0 Å². The van der Waals surface area contributed by atoms with Crippen LogP contribution in [0.25, 0.3) is 0 Å². The Hall–Kier alpha value is -1.80. The van der Waals surface area contributed by atoms with Crippen LogP contribution < -0.4 is 0 Å². The molecule has 2 heterocycles. The van der Waals surface area contributed by atoms with Gasteiger partial charge in [-0.3, -0.25) is 19.8 Å². The summed E-state index contributed by atoms with van der Waals surface area (Å²) in [5.41, 5.74) is -0.842. The van der Waals surface area contributed by atoms with Gasteiger partial charge in [0.15, 0.2) is 0 Å². The molecule has 1 aromatic heterocycles. The number of hydrogen-bond acceptors (Lipinski definition) is 6. The number of aromatic nitrogens is 2. The molecule has 1 aliphatic heterocycles. The van der Waals surface area contributed by atoms with E-state index in [4.69, 9.17) is 4.74 Å². The summed E-state index contributed by atoms with van der Waals surface area (Å²) in [6, 6.07) is -0.462. The van der Waals surface area contributed by atoms with Crippen molar-refractivity contribution in [1.29, 1.82) is 0 Å². The highest BCUT2D eigenvalue weighted by molar-refractivity contribution is 5.36. The predicted octanol–water partition coefficient (Wildman–Crippen LogP) is 0.856. The smallest absolute Gasteiger partial charge is 0.312 e. The molecule has 0 amide bonds. The Labute approximate surface area is 116 Å². The molecule has 8 nitrogen and oxygen atoms in total. The fourth-order valence-electron chi connectivity index (χ4n) is 2.82. The van der Waals surface area contributed by atoms with Gasteiger partial charge in [-0.05, 0) is 13.6 Å². The van der Waals surface area contributed by atoms with Gasteiger partial charge in [-0.1, -0.05) is 6.92 Å². The Morgan fingerprint density at radius 1 is 1.75 bits per heavy atom. The van der Waals surface area contributed by atoms with Crippen LogP contribution in [0.3, 0.4) is 0 Å². The summed E-state index contributed by atoms with van der Waals surface area (Å²) in [6.45, 7) is 6.99. The number of hydrogen-bond donors (Lipinski definition) is 1. The van der Waals surface area contributed by atoms with Gasteiger partial charge in [0.05, 0.1) is 17.6 Å². The van der Waals surface area contributed by atoms with Gasteiger partial charge >= 0.3 is 5.69 Å². The largest absolute Gasteiger partial charge is 0.386 e. The third-order valence-electron chi connectivity index (χ3n) is 3.80. The first kappa shape index (κ1) is 14.6. The zero-order valence-electron chi connectivity index (χ0n) is 11.7. The molecule has 1 aliphatic rings. The molecule has 4 unspecified atom stereocenters. The quantitative estimate of drug-likeness (QED) is 0.503. The van der Waals surface area contributed by atoms with E-state index in [1.807, 2.05) is 6.92 Å². The summed E-state index contributed by atoms with van der Waals surface area (Å²) in [4.78, 5) is 14.6. The lowest BCUT2D eigenvalue weighted by atomic mass is 9.80. The summed E-state index contributed by atoms with van der Waals surface area (Å²) < 4.78 is 7.08. The predicted molar refractivity (Wildman–Crippen MR) is 71.7 cm³/mol. The van der Waals surface area contributed by atoms with E-state index in [9.17, 15) is 15.2 Å². The fourth-order valence-corrected chi connectivity index (χ4v) is 2.82. The summed E-state index contributed by atoms with van der Waals surface area (Å²) in [5.74, 6) is -0.259. The number of ether oxygens (including phenoxy) is 1. The molecule has 1 aromatic rings. The molecule has 0 bridgehead atoms. The van der Waals surface area contributed by atoms with Gasteiger partial charge < -0.3 is 9.84 Å². The second kappa shape index (κ2) is 4.95. The SMILES string of the molecule is C=NC1C(C)C(c2c([N+](=O)[O-])cnn2C)OCC1(C)O. The van der Waals surface area contributed by atoms with Crippen molar-refractivity contribution in [2.75, 3.05) is 6.61 Å². The highest BCUT2D eigenvalue weighted by atomic mass is 16.6. The van der Waals surface area contributed by atoms with E-state index in [1.165, 1.54) is 10.9 Å². The molecule has 110 valence electrons. The third-order valence-corrected chi connectivity index (χ3v) is 3.80. The minimum atomic E-state index is -1.13. The van der Waals surface area contributed by atoms with Crippen LogP contribution in [0.4, 0.5) is 5.69 Å². The van der Waals surface area contributed by atoms with Gasteiger partial charge in [0, 0.05) is 13.0 Å². The van der Waals surface area contributed by atoms with Gasteiger partial charge in [-0.25, -0.2) is 0 Å². The normalized spacial score (nSPS) is 33.9. The molecule has 2 rings (SSSR count). The number of aliphatic hydroxyl groups is 1. The van der Waals surface area contributed by atoms with Crippen molar-refractivity contribution in [3.63, 3.8) is 0 Å². The van der Waals surface area contributed by atoms with Gasteiger partial charge in [0.25, 0.3) is 0 Å². The lowest BCUT2D eigenvalue weighted by molar-refractivity contribution is -0.386. The Bertz CT molecular complexity index is 540. The first-order chi connectivity index (χ1) is 9.29. The summed E-state index contributed by atoms with van der Waals surface area (Å²) in [5, 5.41) is 25.2. The van der Waals surface area contributed by atoms with Crippen LogP contribution in [-0.4, -0.2) is 44.8 Å². The second-order valence-corrected chi connectivity index (χ2v) is 5.37. The Kier molecular flexibility index (Phi) is 3.61. The minimum Gasteiger partial charge on any atom is -0.386 e. The molecular formula is C12H18N4O4.